The van der Waals surface area contributed by atoms with Gasteiger partial charge in [-0.05, 0) is 30.2 Å². The molecule has 5 nitrogen and oxygen atoms in total. The Balaban J connectivity index is 2.05. The molecule has 0 fully saturated rings. The Morgan fingerprint density at radius 1 is 1.04 bits per heavy atom. The van der Waals surface area contributed by atoms with Crippen molar-refractivity contribution in [1.29, 1.82) is 0 Å². The van der Waals surface area contributed by atoms with E-state index in [2.05, 4.69) is 19.2 Å². The largest absolute Gasteiger partial charge is 0.492 e. The van der Waals surface area contributed by atoms with E-state index in [0.29, 0.717) is 48.5 Å². The fourth-order valence-electron chi connectivity index (χ4n) is 2.14. The van der Waals surface area contributed by atoms with Gasteiger partial charge in [0.05, 0.1) is 18.8 Å². The van der Waals surface area contributed by atoms with E-state index in [1.54, 1.807) is 19.2 Å². The van der Waals surface area contributed by atoms with Crippen LogP contribution in [0.15, 0.2) is 48.5 Å². The number of carbonyl (C=O) groups excluding carboxylic acids is 1. The van der Waals surface area contributed by atoms with Gasteiger partial charge in [-0.2, -0.15) is 0 Å². The number of hydrogen-bond donors (Lipinski definition) is 1. The van der Waals surface area contributed by atoms with Gasteiger partial charge in [0.2, 0.25) is 0 Å². The van der Waals surface area contributed by atoms with Crippen molar-refractivity contribution in [2.75, 3.05) is 32.2 Å². The lowest BCUT2D eigenvalue weighted by molar-refractivity contribution is 0.102. The van der Waals surface area contributed by atoms with Crippen molar-refractivity contribution in [3.05, 3.63) is 54.1 Å². The lowest BCUT2D eigenvalue weighted by Gasteiger charge is -2.13. The number of ether oxygens (including phenoxy) is 3. The first-order valence-electron chi connectivity index (χ1n) is 8.35. The molecular weight excluding hydrogens is 318 g/mol. The van der Waals surface area contributed by atoms with Crippen LogP contribution in [0.1, 0.15) is 24.2 Å². The maximum atomic E-state index is 12.6. The van der Waals surface area contributed by atoms with Crippen LogP contribution in [0.2, 0.25) is 0 Å². The molecule has 134 valence electrons. The number of para-hydroxylation sites is 1. The molecule has 0 aliphatic carbocycles. The molecule has 0 radical (unpaired) electrons. The van der Waals surface area contributed by atoms with Gasteiger partial charge in [-0.1, -0.05) is 32.0 Å². The lowest BCUT2D eigenvalue weighted by atomic mass is 10.1. The van der Waals surface area contributed by atoms with Crippen LogP contribution >= 0.6 is 0 Å². The van der Waals surface area contributed by atoms with E-state index in [1.165, 1.54) is 0 Å². The molecule has 0 aliphatic rings. The van der Waals surface area contributed by atoms with Crippen LogP contribution < -0.4 is 14.8 Å². The molecule has 0 aliphatic heterocycles. The Kier molecular flexibility index (Phi) is 7.29. The van der Waals surface area contributed by atoms with Crippen molar-refractivity contribution in [3.63, 3.8) is 0 Å². The van der Waals surface area contributed by atoms with Crippen molar-refractivity contribution in [3.8, 4) is 11.5 Å². The molecule has 0 atom stereocenters. The van der Waals surface area contributed by atoms with Crippen molar-refractivity contribution in [2.45, 2.75) is 13.8 Å². The van der Waals surface area contributed by atoms with Gasteiger partial charge in [-0.3, -0.25) is 4.79 Å². The highest BCUT2D eigenvalue weighted by Crippen LogP contribution is 2.22. The van der Waals surface area contributed by atoms with Crippen molar-refractivity contribution < 1.29 is 19.0 Å². The standard InChI is InChI=1S/C20H25NO4/c1-15(2)14-25-19-10-5-4-9-18(19)20(22)21-16-7-6-8-17(13-16)24-12-11-23-3/h4-10,13,15H,11-12,14H2,1-3H3,(H,21,22). The average molecular weight is 343 g/mol. The fourth-order valence-corrected chi connectivity index (χ4v) is 2.14. The first-order valence-corrected chi connectivity index (χ1v) is 8.35. The molecule has 0 heterocycles. The summed E-state index contributed by atoms with van der Waals surface area (Å²) in [4.78, 5) is 12.6. The summed E-state index contributed by atoms with van der Waals surface area (Å²) in [5, 5.41) is 2.89. The van der Waals surface area contributed by atoms with E-state index in [0.717, 1.165) is 0 Å². The zero-order valence-corrected chi connectivity index (χ0v) is 15.0. The Hall–Kier alpha value is -2.53. The summed E-state index contributed by atoms with van der Waals surface area (Å²) in [6.45, 7) is 5.67. The van der Waals surface area contributed by atoms with Gasteiger partial charge in [0.25, 0.3) is 5.91 Å². The highest BCUT2D eigenvalue weighted by molar-refractivity contribution is 6.06. The van der Waals surface area contributed by atoms with E-state index in [1.807, 2.05) is 36.4 Å². The predicted molar refractivity (Wildman–Crippen MR) is 98.5 cm³/mol. The zero-order chi connectivity index (χ0) is 18.1. The molecule has 1 N–H and O–H groups in total. The minimum atomic E-state index is -0.214. The van der Waals surface area contributed by atoms with Gasteiger partial charge in [0.15, 0.2) is 0 Å². The second kappa shape index (κ2) is 9.69. The van der Waals surface area contributed by atoms with Gasteiger partial charge in [0, 0.05) is 18.9 Å². The van der Waals surface area contributed by atoms with Crippen LogP contribution in [0.25, 0.3) is 0 Å². The SMILES string of the molecule is COCCOc1cccc(NC(=O)c2ccccc2OCC(C)C)c1. The molecule has 0 bridgehead atoms. The van der Waals surface area contributed by atoms with Crippen LogP contribution in [0.5, 0.6) is 11.5 Å². The minimum absolute atomic E-state index is 0.214. The molecule has 2 aromatic rings. The third-order valence-corrected chi connectivity index (χ3v) is 3.35. The first-order chi connectivity index (χ1) is 12.1. The smallest absolute Gasteiger partial charge is 0.259 e. The number of carbonyl (C=O) groups is 1. The first kappa shape index (κ1) is 18.8. The van der Waals surface area contributed by atoms with Crippen LogP contribution in [0, 0.1) is 5.92 Å². The van der Waals surface area contributed by atoms with Crippen molar-refractivity contribution in [1.82, 2.24) is 0 Å². The number of benzene rings is 2. The number of amides is 1. The van der Waals surface area contributed by atoms with E-state index in [4.69, 9.17) is 14.2 Å². The molecule has 2 rings (SSSR count). The molecule has 0 saturated heterocycles. The van der Waals surface area contributed by atoms with E-state index >= 15 is 0 Å². The Morgan fingerprint density at radius 2 is 1.84 bits per heavy atom. The molecule has 1 amide bonds. The molecule has 0 aromatic heterocycles. The minimum Gasteiger partial charge on any atom is -0.492 e. The van der Waals surface area contributed by atoms with Crippen molar-refractivity contribution in [2.24, 2.45) is 5.92 Å². The van der Waals surface area contributed by atoms with Gasteiger partial charge in [-0.15, -0.1) is 0 Å². The van der Waals surface area contributed by atoms with E-state index in [9.17, 15) is 4.79 Å². The molecule has 2 aromatic carbocycles. The number of methoxy groups -OCH3 is 1. The highest BCUT2D eigenvalue weighted by Gasteiger charge is 2.13. The summed E-state index contributed by atoms with van der Waals surface area (Å²) in [7, 11) is 1.62. The fraction of sp³-hybridized carbons (Fsp3) is 0.350. The summed E-state index contributed by atoms with van der Waals surface area (Å²) in [6, 6.07) is 14.5. The van der Waals surface area contributed by atoms with Gasteiger partial charge < -0.3 is 19.5 Å². The van der Waals surface area contributed by atoms with Crippen LogP contribution in [0.4, 0.5) is 5.69 Å². The topological polar surface area (TPSA) is 56.8 Å². The Labute approximate surface area is 148 Å². The summed E-state index contributed by atoms with van der Waals surface area (Å²) in [5.74, 6) is 1.44. The number of rotatable bonds is 9. The van der Waals surface area contributed by atoms with E-state index in [-0.39, 0.29) is 5.91 Å². The lowest BCUT2D eigenvalue weighted by Crippen LogP contribution is -2.15. The monoisotopic (exact) mass is 343 g/mol. The molecule has 0 saturated carbocycles. The van der Waals surface area contributed by atoms with Gasteiger partial charge in [0.1, 0.15) is 18.1 Å². The van der Waals surface area contributed by atoms with Gasteiger partial charge >= 0.3 is 0 Å². The van der Waals surface area contributed by atoms with Gasteiger partial charge in [-0.25, -0.2) is 0 Å². The van der Waals surface area contributed by atoms with E-state index < -0.39 is 0 Å². The Bertz CT molecular complexity index is 685. The predicted octanol–water partition coefficient (Wildman–Crippen LogP) is 4.00. The summed E-state index contributed by atoms with van der Waals surface area (Å²) >= 11 is 0. The normalized spacial score (nSPS) is 10.6. The molecule has 25 heavy (non-hydrogen) atoms. The number of nitrogens with one attached hydrogen (secondary N) is 1. The average Bonchev–Trinajstić information content (AvgIpc) is 2.61. The molecule has 0 unspecified atom stereocenters. The van der Waals surface area contributed by atoms with Crippen LogP contribution in [-0.4, -0.2) is 32.8 Å². The number of anilines is 1. The third kappa shape index (κ3) is 6.12. The second-order valence-corrected chi connectivity index (χ2v) is 6.02. The van der Waals surface area contributed by atoms with Crippen LogP contribution in [0.3, 0.4) is 0 Å². The highest BCUT2D eigenvalue weighted by atomic mass is 16.5. The second-order valence-electron chi connectivity index (χ2n) is 6.02. The third-order valence-electron chi connectivity index (χ3n) is 3.35. The maximum absolute atomic E-state index is 12.6. The van der Waals surface area contributed by atoms with Crippen LogP contribution in [-0.2, 0) is 4.74 Å². The molecule has 0 spiro atoms. The van der Waals surface area contributed by atoms with Crippen molar-refractivity contribution >= 4 is 11.6 Å². The molecular formula is C20H25NO4. The summed E-state index contributed by atoms with van der Waals surface area (Å²) in [5.41, 5.74) is 1.17. The zero-order valence-electron chi connectivity index (χ0n) is 15.0. The number of hydrogen-bond acceptors (Lipinski definition) is 4. The summed E-state index contributed by atoms with van der Waals surface area (Å²) < 4.78 is 16.3. The summed E-state index contributed by atoms with van der Waals surface area (Å²) in [6.07, 6.45) is 0. The quantitative estimate of drug-likeness (QED) is 0.699. The Morgan fingerprint density at radius 3 is 2.60 bits per heavy atom. The maximum Gasteiger partial charge on any atom is 0.259 e. The molecule has 5 heteroatoms.